The van der Waals surface area contributed by atoms with Crippen molar-refractivity contribution in [2.75, 3.05) is 19.0 Å². The van der Waals surface area contributed by atoms with Crippen molar-refractivity contribution in [3.8, 4) is 11.4 Å². The topological polar surface area (TPSA) is 95.1 Å². The number of carbonyl (C=O) groups excluding carboxylic acids is 1. The molecular formula is C13H17N5O2. The second kappa shape index (κ2) is 6.27. The average molecular weight is 275 g/mol. The van der Waals surface area contributed by atoms with Gasteiger partial charge in [0, 0.05) is 26.3 Å². The summed E-state index contributed by atoms with van der Waals surface area (Å²) in [5.41, 5.74) is 6.91. The van der Waals surface area contributed by atoms with Gasteiger partial charge >= 0.3 is 0 Å². The second-order valence-electron chi connectivity index (χ2n) is 4.26. The molecule has 106 valence electrons. The maximum Gasteiger partial charge on any atom is 0.254 e. The number of para-hydroxylation sites is 1. The van der Waals surface area contributed by atoms with Gasteiger partial charge < -0.3 is 20.4 Å². The minimum absolute atomic E-state index is 0.120. The van der Waals surface area contributed by atoms with Gasteiger partial charge in [-0.05, 0) is 12.1 Å². The van der Waals surface area contributed by atoms with E-state index in [1.165, 1.54) is 7.11 Å². The van der Waals surface area contributed by atoms with Gasteiger partial charge in [0.15, 0.2) is 5.82 Å². The van der Waals surface area contributed by atoms with Crippen molar-refractivity contribution < 1.29 is 9.53 Å². The number of nitrogens with two attached hydrogens (primary N) is 1. The van der Waals surface area contributed by atoms with Crippen LogP contribution >= 0.6 is 0 Å². The molecule has 0 saturated heterocycles. The van der Waals surface area contributed by atoms with Crippen LogP contribution in [0.2, 0.25) is 0 Å². The molecule has 0 aliphatic heterocycles. The Balaban J connectivity index is 2.30. The normalized spacial score (nSPS) is 12.2. The lowest BCUT2D eigenvalue weighted by molar-refractivity contribution is -0.125. The third kappa shape index (κ3) is 2.84. The number of rotatable bonds is 5. The van der Waals surface area contributed by atoms with Gasteiger partial charge in [0.2, 0.25) is 0 Å². The van der Waals surface area contributed by atoms with Crippen LogP contribution in [0.25, 0.3) is 11.4 Å². The van der Waals surface area contributed by atoms with E-state index in [1.54, 1.807) is 17.0 Å². The smallest absolute Gasteiger partial charge is 0.254 e. The Labute approximate surface area is 116 Å². The number of benzene rings is 1. The fourth-order valence-electron chi connectivity index (χ4n) is 1.84. The first kappa shape index (κ1) is 14.2. The van der Waals surface area contributed by atoms with Crippen molar-refractivity contribution >= 4 is 11.6 Å². The van der Waals surface area contributed by atoms with Gasteiger partial charge in [0.1, 0.15) is 12.4 Å². The van der Waals surface area contributed by atoms with Crippen LogP contribution in [0.5, 0.6) is 0 Å². The first-order chi connectivity index (χ1) is 9.67. The predicted octanol–water partition coefficient (Wildman–Crippen LogP) is 0.394. The molecule has 0 spiro atoms. The Morgan fingerprint density at radius 1 is 1.50 bits per heavy atom. The van der Waals surface area contributed by atoms with E-state index >= 15 is 0 Å². The molecule has 1 amide bonds. The molecule has 0 aliphatic carbocycles. The number of ether oxygens (including phenoxy) is 1. The molecule has 3 N–H and O–H groups in total. The van der Waals surface area contributed by atoms with E-state index in [9.17, 15) is 4.79 Å². The zero-order valence-electron chi connectivity index (χ0n) is 11.4. The van der Waals surface area contributed by atoms with E-state index in [1.807, 2.05) is 25.2 Å². The number of nitrogens with one attached hydrogen (secondary N) is 1. The van der Waals surface area contributed by atoms with Crippen LogP contribution < -0.4 is 11.1 Å². The number of anilines is 1. The molecule has 7 nitrogen and oxygen atoms in total. The van der Waals surface area contributed by atoms with Crippen LogP contribution in [0.15, 0.2) is 30.6 Å². The van der Waals surface area contributed by atoms with Gasteiger partial charge in [-0.2, -0.15) is 0 Å². The summed E-state index contributed by atoms with van der Waals surface area (Å²) in [4.78, 5) is 12.0. The summed E-state index contributed by atoms with van der Waals surface area (Å²) in [5.74, 6) is 0.382. The molecule has 1 aromatic heterocycles. The maximum absolute atomic E-state index is 12.0. The Hall–Kier alpha value is -2.25. The number of aryl methyl sites for hydroxylation is 1. The maximum atomic E-state index is 12.0. The summed E-state index contributed by atoms with van der Waals surface area (Å²) < 4.78 is 6.80. The minimum Gasteiger partial charge on any atom is -0.370 e. The van der Waals surface area contributed by atoms with Crippen molar-refractivity contribution in [1.29, 1.82) is 0 Å². The molecule has 0 saturated carbocycles. The summed E-state index contributed by atoms with van der Waals surface area (Å²) in [6.45, 7) is 0.120. The van der Waals surface area contributed by atoms with Crippen molar-refractivity contribution in [3.63, 3.8) is 0 Å². The van der Waals surface area contributed by atoms with Gasteiger partial charge in [0.25, 0.3) is 5.91 Å². The first-order valence-corrected chi connectivity index (χ1v) is 6.14. The zero-order chi connectivity index (χ0) is 14.5. The van der Waals surface area contributed by atoms with Crippen LogP contribution in [-0.2, 0) is 16.6 Å². The van der Waals surface area contributed by atoms with Crippen molar-refractivity contribution in [2.45, 2.75) is 6.10 Å². The largest absolute Gasteiger partial charge is 0.370 e. The van der Waals surface area contributed by atoms with E-state index in [-0.39, 0.29) is 12.5 Å². The fraction of sp³-hybridized carbons (Fsp3) is 0.308. The Morgan fingerprint density at radius 2 is 2.25 bits per heavy atom. The van der Waals surface area contributed by atoms with Gasteiger partial charge in [-0.1, -0.05) is 12.1 Å². The standard InChI is InChI=1S/C13H17N5O2/c1-18-8-15-17-12(18)9-5-3-4-6-10(9)16-13(19)11(7-14)20-2/h3-6,8,11H,7,14H2,1-2H3,(H,16,19). The molecule has 2 aromatic rings. The van der Waals surface area contributed by atoms with E-state index in [0.717, 1.165) is 5.56 Å². The van der Waals surface area contributed by atoms with E-state index in [2.05, 4.69) is 15.5 Å². The van der Waals surface area contributed by atoms with Crippen LogP contribution in [0.4, 0.5) is 5.69 Å². The summed E-state index contributed by atoms with van der Waals surface area (Å²) in [7, 11) is 3.29. The van der Waals surface area contributed by atoms with Crippen molar-refractivity contribution in [1.82, 2.24) is 14.8 Å². The van der Waals surface area contributed by atoms with Crippen LogP contribution in [0.1, 0.15) is 0 Å². The second-order valence-corrected chi connectivity index (χ2v) is 4.26. The number of hydrogen-bond donors (Lipinski definition) is 2. The van der Waals surface area contributed by atoms with Crippen molar-refractivity contribution in [2.24, 2.45) is 12.8 Å². The summed E-state index contributed by atoms with van der Waals surface area (Å²) in [5, 5.41) is 10.7. The molecule has 1 atom stereocenters. The average Bonchev–Trinajstić information content (AvgIpc) is 2.87. The van der Waals surface area contributed by atoms with E-state index in [0.29, 0.717) is 11.5 Å². The molecule has 0 fully saturated rings. The van der Waals surface area contributed by atoms with E-state index < -0.39 is 6.10 Å². The minimum atomic E-state index is -0.678. The molecule has 2 rings (SSSR count). The SMILES string of the molecule is COC(CN)C(=O)Nc1ccccc1-c1nncn1C. The molecule has 1 heterocycles. The lowest BCUT2D eigenvalue weighted by Crippen LogP contribution is -2.36. The van der Waals surface area contributed by atoms with Crippen molar-refractivity contribution in [3.05, 3.63) is 30.6 Å². The highest BCUT2D eigenvalue weighted by Gasteiger charge is 2.18. The Morgan fingerprint density at radius 3 is 2.85 bits per heavy atom. The molecule has 0 bridgehead atoms. The Kier molecular flexibility index (Phi) is 4.44. The third-order valence-electron chi connectivity index (χ3n) is 2.93. The van der Waals surface area contributed by atoms with Crippen LogP contribution in [-0.4, -0.2) is 40.4 Å². The first-order valence-electron chi connectivity index (χ1n) is 6.14. The molecular weight excluding hydrogens is 258 g/mol. The third-order valence-corrected chi connectivity index (χ3v) is 2.93. The molecule has 20 heavy (non-hydrogen) atoms. The number of carbonyl (C=O) groups is 1. The quantitative estimate of drug-likeness (QED) is 0.823. The van der Waals surface area contributed by atoms with E-state index in [4.69, 9.17) is 10.5 Å². The highest BCUT2D eigenvalue weighted by atomic mass is 16.5. The molecule has 0 aliphatic rings. The molecule has 0 radical (unpaired) electrons. The Bertz CT molecular complexity index is 592. The predicted molar refractivity (Wildman–Crippen MR) is 74.9 cm³/mol. The monoisotopic (exact) mass is 275 g/mol. The lowest BCUT2D eigenvalue weighted by Gasteiger charge is -2.15. The van der Waals surface area contributed by atoms with Crippen LogP contribution in [0.3, 0.4) is 0 Å². The summed E-state index contributed by atoms with van der Waals surface area (Å²) in [6.07, 6.45) is 0.925. The summed E-state index contributed by atoms with van der Waals surface area (Å²) in [6, 6.07) is 7.37. The highest BCUT2D eigenvalue weighted by molar-refractivity contribution is 5.97. The number of aromatic nitrogens is 3. The number of hydrogen-bond acceptors (Lipinski definition) is 5. The van der Waals surface area contributed by atoms with Gasteiger partial charge in [-0.15, -0.1) is 10.2 Å². The molecule has 1 aromatic carbocycles. The van der Waals surface area contributed by atoms with Crippen LogP contribution in [0, 0.1) is 0 Å². The number of amides is 1. The summed E-state index contributed by atoms with van der Waals surface area (Å²) >= 11 is 0. The molecule has 7 heteroatoms. The lowest BCUT2D eigenvalue weighted by atomic mass is 10.1. The number of nitrogens with zero attached hydrogens (tertiary/aromatic N) is 3. The highest BCUT2D eigenvalue weighted by Crippen LogP contribution is 2.25. The fourth-order valence-corrected chi connectivity index (χ4v) is 1.84. The zero-order valence-corrected chi connectivity index (χ0v) is 11.4. The number of methoxy groups -OCH3 is 1. The molecule has 1 unspecified atom stereocenters. The van der Waals surface area contributed by atoms with Gasteiger partial charge in [-0.3, -0.25) is 4.79 Å². The van der Waals surface area contributed by atoms with Gasteiger partial charge in [-0.25, -0.2) is 0 Å². The van der Waals surface area contributed by atoms with Gasteiger partial charge in [0.05, 0.1) is 5.69 Å².